The molecule has 27 heavy (non-hydrogen) atoms. The maximum Gasteiger partial charge on any atom is 0.271 e. The molecule has 1 fully saturated rings. The van der Waals surface area contributed by atoms with Crippen LogP contribution < -0.4 is 10.1 Å². The van der Waals surface area contributed by atoms with Gasteiger partial charge in [-0.05, 0) is 48.9 Å². The Labute approximate surface area is 159 Å². The molecule has 0 saturated carbocycles. The maximum absolute atomic E-state index is 12.3. The van der Waals surface area contributed by atoms with Gasteiger partial charge in [-0.15, -0.1) is 0 Å². The smallest absolute Gasteiger partial charge is 0.271 e. The highest BCUT2D eigenvalue weighted by Crippen LogP contribution is 2.21. The molecule has 7 nitrogen and oxygen atoms in total. The first-order valence-corrected chi connectivity index (χ1v) is 9.34. The van der Waals surface area contributed by atoms with E-state index in [1.165, 1.54) is 0 Å². The van der Waals surface area contributed by atoms with Gasteiger partial charge in [-0.3, -0.25) is 14.7 Å². The summed E-state index contributed by atoms with van der Waals surface area (Å²) in [6.45, 7) is 1.97. The van der Waals surface area contributed by atoms with Gasteiger partial charge in [0.1, 0.15) is 11.4 Å². The van der Waals surface area contributed by atoms with Gasteiger partial charge in [0.05, 0.1) is 7.11 Å². The average molecular weight is 370 g/mol. The quantitative estimate of drug-likeness (QED) is 0.781. The Morgan fingerprint density at radius 3 is 2.81 bits per heavy atom. The number of aromatic amines is 1. The predicted molar refractivity (Wildman–Crippen MR) is 102 cm³/mol. The van der Waals surface area contributed by atoms with Gasteiger partial charge in [0, 0.05) is 32.3 Å². The first kappa shape index (κ1) is 18.9. The van der Waals surface area contributed by atoms with Crippen molar-refractivity contribution in [2.24, 2.45) is 5.92 Å². The predicted octanol–water partition coefficient (Wildman–Crippen LogP) is 2.02. The minimum atomic E-state index is -0.0197. The van der Waals surface area contributed by atoms with Crippen molar-refractivity contribution >= 4 is 11.8 Å². The molecule has 0 unspecified atom stereocenters. The Balaban J connectivity index is 1.36. The SMILES string of the molecule is COc1cccc(CCNC(=O)CC2CCN(C(=O)c3ccn[nH]3)CC2)c1. The van der Waals surface area contributed by atoms with Crippen LogP contribution in [0.1, 0.15) is 35.3 Å². The molecule has 7 heteroatoms. The summed E-state index contributed by atoms with van der Waals surface area (Å²) in [4.78, 5) is 26.3. The standard InChI is InChI=1S/C20H26N4O3/c1-27-17-4-2-3-15(13-17)5-9-21-19(25)14-16-7-11-24(12-8-16)20(26)18-6-10-22-23-18/h2-4,6,10,13,16H,5,7-9,11-12,14H2,1H3,(H,21,25)(H,22,23). The van der Waals surface area contributed by atoms with Crippen molar-refractivity contribution in [2.45, 2.75) is 25.7 Å². The summed E-state index contributed by atoms with van der Waals surface area (Å²) in [6, 6.07) is 9.56. The van der Waals surface area contributed by atoms with Crippen LogP contribution in [0.3, 0.4) is 0 Å². The van der Waals surface area contributed by atoms with Crippen LogP contribution in [0.2, 0.25) is 0 Å². The molecule has 1 aromatic heterocycles. The molecule has 0 bridgehead atoms. The largest absolute Gasteiger partial charge is 0.497 e. The summed E-state index contributed by atoms with van der Waals surface area (Å²) in [5.74, 6) is 1.22. The van der Waals surface area contributed by atoms with E-state index < -0.39 is 0 Å². The molecule has 2 heterocycles. The Morgan fingerprint density at radius 2 is 2.11 bits per heavy atom. The van der Waals surface area contributed by atoms with Crippen LogP contribution in [-0.4, -0.2) is 53.7 Å². The van der Waals surface area contributed by atoms with Crippen LogP contribution in [-0.2, 0) is 11.2 Å². The Morgan fingerprint density at radius 1 is 1.30 bits per heavy atom. The van der Waals surface area contributed by atoms with Crippen LogP contribution in [0.15, 0.2) is 36.5 Å². The molecule has 1 aliphatic heterocycles. The fourth-order valence-electron chi connectivity index (χ4n) is 3.39. The molecule has 3 rings (SSSR count). The number of hydrogen-bond acceptors (Lipinski definition) is 4. The minimum Gasteiger partial charge on any atom is -0.497 e. The van der Waals surface area contributed by atoms with Crippen molar-refractivity contribution in [2.75, 3.05) is 26.7 Å². The third-order valence-electron chi connectivity index (χ3n) is 4.98. The number of rotatable bonds is 7. The number of carbonyl (C=O) groups excluding carboxylic acids is 2. The van der Waals surface area contributed by atoms with Crippen molar-refractivity contribution in [3.63, 3.8) is 0 Å². The van der Waals surface area contributed by atoms with Gasteiger partial charge in [-0.25, -0.2) is 0 Å². The molecule has 0 atom stereocenters. The first-order valence-electron chi connectivity index (χ1n) is 9.34. The molecule has 1 saturated heterocycles. The van der Waals surface area contributed by atoms with E-state index in [1.54, 1.807) is 19.4 Å². The van der Waals surface area contributed by atoms with E-state index in [0.29, 0.717) is 37.7 Å². The molecule has 0 aliphatic carbocycles. The molecule has 144 valence electrons. The van der Waals surface area contributed by atoms with Crippen molar-refractivity contribution < 1.29 is 14.3 Å². The van der Waals surface area contributed by atoms with E-state index in [-0.39, 0.29) is 11.8 Å². The molecule has 2 aromatic rings. The fourth-order valence-corrected chi connectivity index (χ4v) is 3.39. The lowest BCUT2D eigenvalue weighted by Gasteiger charge is -2.31. The van der Waals surface area contributed by atoms with Crippen molar-refractivity contribution in [3.8, 4) is 5.75 Å². The normalized spacial score (nSPS) is 14.8. The second-order valence-electron chi connectivity index (χ2n) is 6.86. The lowest BCUT2D eigenvalue weighted by molar-refractivity contribution is -0.122. The molecule has 1 aromatic carbocycles. The van der Waals surface area contributed by atoms with E-state index in [2.05, 4.69) is 15.5 Å². The zero-order chi connectivity index (χ0) is 19.1. The number of likely N-dealkylation sites (tertiary alicyclic amines) is 1. The summed E-state index contributed by atoms with van der Waals surface area (Å²) >= 11 is 0. The Kier molecular flexibility index (Phi) is 6.46. The number of piperidine rings is 1. The number of methoxy groups -OCH3 is 1. The van der Waals surface area contributed by atoms with Crippen molar-refractivity contribution in [1.29, 1.82) is 0 Å². The van der Waals surface area contributed by atoms with E-state index in [1.807, 2.05) is 29.2 Å². The topological polar surface area (TPSA) is 87.3 Å². The van der Waals surface area contributed by atoms with Gasteiger partial charge >= 0.3 is 0 Å². The number of H-pyrrole nitrogens is 1. The first-order chi connectivity index (χ1) is 13.2. The van der Waals surface area contributed by atoms with Crippen LogP contribution in [0.5, 0.6) is 5.75 Å². The monoisotopic (exact) mass is 370 g/mol. The fraction of sp³-hybridized carbons (Fsp3) is 0.450. The average Bonchev–Trinajstić information content (AvgIpc) is 3.23. The highest BCUT2D eigenvalue weighted by Gasteiger charge is 2.25. The second-order valence-corrected chi connectivity index (χ2v) is 6.86. The Bertz CT molecular complexity index is 752. The van der Waals surface area contributed by atoms with Crippen molar-refractivity contribution in [1.82, 2.24) is 20.4 Å². The number of benzene rings is 1. The van der Waals surface area contributed by atoms with Gasteiger partial charge in [0.2, 0.25) is 5.91 Å². The third kappa shape index (κ3) is 5.32. The van der Waals surface area contributed by atoms with Crippen LogP contribution in [0.25, 0.3) is 0 Å². The Hall–Kier alpha value is -2.83. The van der Waals surface area contributed by atoms with Gasteiger partial charge in [-0.1, -0.05) is 12.1 Å². The molecule has 2 N–H and O–H groups in total. The van der Waals surface area contributed by atoms with Gasteiger partial charge < -0.3 is 15.0 Å². The number of ether oxygens (including phenoxy) is 1. The molecule has 1 aliphatic rings. The second kappa shape index (κ2) is 9.21. The van der Waals surface area contributed by atoms with Gasteiger partial charge in [0.15, 0.2) is 0 Å². The van der Waals surface area contributed by atoms with E-state index in [4.69, 9.17) is 4.74 Å². The number of nitrogens with one attached hydrogen (secondary N) is 2. The lowest BCUT2D eigenvalue weighted by Crippen LogP contribution is -2.40. The molecule has 0 spiro atoms. The maximum atomic E-state index is 12.3. The summed E-state index contributed by atoms with van der Waals surface area (Å²) in [7, 11) is 1.65. The number of nitrogens with zero attached hydrogens (tertiary/aromatic N) is 2. The van der Waals surface area contributed by atoms with Gasteiger partial charge in [0.25, 0.3) is 5.91 Å². The summed E-state index contributed by atoms with van der Waals surface area (Å²) in [5, 5.41) is 9.53. The number of aromatic nitrogens is 2. The summed E-state index contributed by atoms with van der Waals surface area (Å²) < 4.78 is 5.21. The van der Waals surface area contributed by atoms with Crippen LogP contribution in [0.4, 0.5) is 0 Å². The third-order valence-corrected chi connectivity index (χ3v) is 4.98. The minimum absolute atomic E-state index is 0.0197. The van der Waals surface area contributed by atoms with E-state index in [9.17, 15) is 9.59 Å². The van der Waals surface area contributed by atoms with E-state index in [0.717, 1.165) is 30.6 Å². The zero-order valence-electron chi connectivity index (χ0n) is 15.6. The van der Waals surface area contributed by atoms with Crippen molar-refractivity contribution in [3.05, 3.63) is 47.8 Å². The summed E-state index contributed by atoms with van der Waals surface area (Å²) in [5.41, 5.74) is 1.66. The summed E-state index contributed by atoms with van der Waals surface area (Å²) in [6.07, 6.45) is 4.58. The lowest BCUT2D eigenvalue weighted by atomic mass is 9.93. The zero-order valence-corrected chi connectivity index (χ0v) is 15.6. The molecule has 2 amide bonds. The molecule has 0 radical (unpaired) electrons. The number of hydrogen-bond donors (Lipinski definition) is 2. The van der Waals surface area contributed by atoms with E-state index >= 15 is 0 Å². The van der Waals surface area contributed by atoms with Gasteiger partial charge in [-0.2, -0.15) is 5.10 Å². The highest BCUT2D eigenvalue weighted by atomic mass is 16.5. The molecular formula is C20H26N4O3. The van der Waals surface area contributed by atoms with Crippen LogP contribution >= 0.6 is 0 Å². The highest BCUT2D eigenvalue weighted by molar-refractivity contribution is 5.92. The number of amides is 2. The van der Waals surface area contributed by atoms with Crippen LogP contribution in [0, 0.1) is 5.92 Å². The number of carbonyl (C=O) groups is 2. The molecular weight excluding hydrogens is 344 g/mol.